The van der Waals surface area contributed by atoms with Crippen molar-refractivity contribution >= 4 is 28.4 Å². The highest BCUT2D eigenvalue weighted by Gasteiger charge is 2.45. The van der Waals surface area contributed by atoms with Crippen LogP contribution in [-0.4, -0.2) is 68.7 Å². The summed E-state index contributed by atoms with van der Waals surface area (Å²) in [5.74, 6) is -1.14. The molecule has 5 N–H and O–H groups in total. The Kier molecular flexibility index (Phi) is 9.66. The predicted molar refractivity (Wildman–Crippen MR) is 169 cm³/mol. The van der Waals surface area contributed by atoms with Crippen LogP contribution in [0, 0.1) is 5.82 Å². The average molecular weight is 646 g/mol. The van der Waals surface area contributed by atoms with Crippen molar-refractivity contribution in [2.45, 2.75) is 56.7 Å². The highest BCUT2D eigenvalue weighted by molar-refractivity contribution is 6.01. The van der Waals surface area contributed by atoms with E-state index in [-0.39, 0.29) is 67.5 Å². The van der Waals surface area contributed by atoms with E-state index in [4.69, 9.17) is 20.3 Å². The van der Waals surface area contributed by atoms with Crippen molar-refractivity contribution in [3.05, 3.63) is 83.4 Å². The van der Waals surface area contributed by atoms with Gasteiger partial charge in [-0.2, -0.15) is 0 Å². The number of carbonyl (C=O) groups excluding carboxylic acids is 3. The van der Waals surface area contributed by atoms with Gasteiger partial charge in [-0.1, -0.05) is 6.07 Å². The van der Waals surface area contributed by atoms with Gasteiger partial charge in [0, 0.05) is 41.1 Å². The van der Waals surface area contributed by atoms with Crippen LogP contribution in [0.2, 0.25) is 0 Å². The molecule has 5 rings (SSSR count). The topological polar surface area (TPSA) is 182 Å². The van der Waals surface area contributed by atoms with Crippen LogP contribution in [0.3, 0.4) is 0 Å². The molecule has 4 aromatic rings. The van der Waals surface area contributed by atoms with Gasteiger partial charge in [-0.25, -0.2) is 9.37 Å². The molecule has 1 amide bonds. The van der Waals surface area contributed by atoms with Gasteiger partial charge in [-0.05, 0) is 75.2 Å². The number of fused-ring (bicyclic) bond motifs is 2. The minimum absolute atomic E-state index is 0.00507. The van der Waals surface area contributed by atoms with E-state index < -0.39 is 35.5 Å². The number of aliphatic hydroxyl groups is 3. The van der Waals surface area contributed by atoms with Gasteiger partial charge in [0.2, 0.25) is 5.91 Å². The van der Waals surface area contributed by atoms with Gasteiger partial charge in [0.25, 0.3) is 0 Å². The first kappa shape index (κ1) is 33.6. The fourth-order valence-corrected chi connectivity index (χ4v) is 5.38. The number of ketones is 2. The lowest BCUT2D eigenvalue weighted by Crippen LogP contribution is -2.40. The number of hydrogen-bond acceptors (Lipinski definition) is 10. The lowest BCUT2D eigenvalue weighted by Gasteiger charge is -2.26. The zero-order valence-corrected chi connectivity index (χ0v) is 26.0. The zero-order valence-electron chi connectivity index (χ0n) is 26.0. The number of rotatable bonds is 14. The highest BCUT2D eigenvalue weighted by atomic mass is 19.1. The summed E-state index contributed by atoms with van der Waals surface area (Å²) >= 11 is 0. The summed E-state index contributed by atoms with van der Waals surface area (Å²) < 4.78 is 25.4. The van der Waals surface area contributed by atoms with Crippen molar-refractivity contribution < 1.29 is 43.6 Å². The molecule has 0 bridgehead atoms. The molecule has 47 heavy (non-hydrogen) atoms. The minimum Gasteiger partial charge on any atom is -0.489 e. The predicted octanol–water partition coefficient (Wildman–Crippen LogP) is 3.52. The summed E-state index contributed by atoms with van der Waals surface area (Å²) in [5.41, 5.74) is 5.05. The van der Waals surface area contributed by atoms with E-state index >= 15 is 0 Å². The summed E-state index contributed by atoms with van der Waals surface area (Å²) in [5, 5.41) is 30.8. The quantitative estimate of drug-likeness (QED) is 0.148. The van der Waals surface area contributed by atoms with Crippen LogP contribution in [-0.2, 0) is 20.6 Å². The number of benzene rings is 2. The van der Waals surface area contributed by atoms with E-state index in [0.717, 1.165) is 0 Å². The van der Waals surface area contributed by atoms with Gasteiger partial charge in [-0.3, -0.25) is 19.4 Å². The number of hydrogen-bond donors (Lipinski definition) is 4. The molecule has 2 aromatic heterocycles. The molecule has 0 spiro atoms. The third-order valence-electron chi connectivity index (χ3n) is 8.47. The third kappa shape index (κ3) is 7.14. The molecule has 2 aromatic carbocycles. The summed E-state index contributed by atoms with van der Waals surface area (Å²) in [6, 6.07) is 13.7. The monoisotopic (exact) mass is 645 g/mol. The number of aromatic nitrogens is 2. The molecule has 11 nitrogen and oxygen atoms in total. The molecule has 0 saturated heterocycles. The molecule has 1 aliphatic heterocycles. The number of halogens is 1. The average Bonchev–Trinajstić information content (AvgIpc) is 3.42. The molecule has 12 heteroatoms. The Morgan fingerprint density at radius 2 is 1.89 bits per heavy atom. The van der Waals surface area contributed by atoms with Crippen LogP contribution in [0.15, 0.2) is 60.8 Å². The molecule has 0 aliphatic carbocycles. The number of nitrogens with two attached hydrogens (primary N) is 1. The first-order valence-electron chi connectivity index (χ1n) is 15.1. The number of ether oxygens (including phenoxy) is 2. The van der Waals surface area contributed by atoms with Crippen LogP contribution in [0.1, 0.15) is 61.1 Å². The molecule has 3 atom stereocenters. The van der Waals surface area contributed by atoms with Crippen molar-refractivity contribution in [1.29, 1.82) is 0 Å². The van der Waals surface area contributed by atoms with E-state index in [0.29, 0.717) is 33.5 Å². The second-order valence-electron chi connectivity index (χ2n) is 12.2. The van der Waals surface area contributed by atoms with Gasteiger partial charge < -0.3 is 30.5 Å². The van der Waals surface area contributed by atoms with Crippen LogP contribution < -0.4 is 15.2 Å². The van der Waals surface area contributed by atoms with E-state index in [1.807, 2.05) is 0 Å². The van der Waals surface area contributed by atoms with E-state index in [1.54, 1.807) is 37.4 Å². The fraction of sp³-hybridized carbons (Fsp3) is 0.343. The molecule has 0 fully saturated rings. The van der Waals surface area contributed by atoms with Crippen molar-refractivity contribution in [1.82, 2.24) is 9.97 Å². The summed E-state index contributed by atoms with van der Waals surface area (Å²) in [4.78, 5) is 47.4. The van der Waals surface area contributed by atoms with Crippen molar-refractivity contribution in [3.63, 3.8) is 0 Å². The van der Waals surface area contributed by atoms with Crippen LogP contribution >= 0.6 is 0 Å². The van der Waals surface area contributed by atoms with Gasteiger partial charge in [0.15, 0.2) is 11.6 Å². The van der Waals surface area contributed by atoms with Crippen LogP contribution in [0.4, 0.5) is 4.39 Å². The molecule has 0 unspecified atom stereocenters. The van der Waals surface area contributed by atoms with Crippen molar-refractivity contribution in [2.75, 3.05) is 19.8 Å². The maximum atomic E-state index is 13.7. The number of carbonyl (C=O) groups is 3. The fourth-order valence-electron chi connectivity index (χ4n) is 5.38. The number of pyridine rings is 2. The highest BCUT2D eigenvalue weighted by Crippen LogP contribution is 2.46. The van der Waals surface area contributed by atoms with Crippen LogP contribution in [0.5, 0.6) is 11.5 Å². The van der Waals surface area contributed by atoms with E-state index in [9.17, 15) is 29.0 Å². The second-order valence-corrected chi connectivity index (χ2v) is 12.2. The first-order valence-corrected chi connectivity index (χ1v) is 15.1. The summed E-state index contributed by atoms with van der Waals surface area (Å²) in [6.07, 6.45) is 0.500. The number of aliphatic hydroxyl groups excluding tert-OH is 2. The molecule has 246 valence electrons. The standard InChI is InChI=1S/C35H36FN3O8/c1-34(33(37)44)19-47-32-26(34)16-29(39-31(32)20-5-7-23(36)8-6-20)35(2,45)12-11-27(43)22-14-21-4-3-13-38-30(21)28(15-22)46-18-25(42)10-9-24(41)17-40/h3-8,13-16,24,40-41,45H,9-12,17-19H2,1-2H3,(H2,37,44)/t24-,34+,35+/m1/s1. The Bertz CT molecular complexity index is 1830. The smallest absolute Gasteiger partial charge is 0.231 e. The molecule has 3 heterocycles. The van der Waals surface area contributed by atoms with Gasteiger partial charge in [-0.15, -0.1) is 0 Å². The Hall–Kier alpha value is -4.78. The minimum atomic E-state index is -1.65. The molecule has 0 radical (unpaired) electrons. The summed E-state index contributed by atoms with van der Waals surface area (Å²) in [6.45, 7) is 2.36. The van der Waals surface area contributed by atoms with Crippen molar-refractivity contribution in [3.8, 4) is 22.8 Å². The maximum Gasteiger partial charge on any atom is 0.231 e. The molecule has 1 aliphatic rings. The number of primary amides is 1. The Morgan fingerprint density at radius 1 is 1.15 bits per heavy atom. The Labute approximate surface area is 270 Å². The van der Waals surface area contributed by atoms with Crippen molar-refractivity contribution in [2.24, 2.45) is 5.73 Å². The zero-order chi connectivity index (χ0) is 33.9. The normalized spacial score (nSPS) is 17.4. The van der Waals surface area contributed by atoms with Gasteiger partial charge >= 0.3 is 0 Å². The van der Waals surface area contributed by atoms with Gasteiger partial charge in [0.05, 0.1) is 18.4 Å². The SMILES string of the molecule is C[C@](O)(CCC(=O)c1cc(OCC(=O)CC[C@@H](O)CO)c2ncccc2c1)c1cc2c(c(-c3ccc(F)cc3)n1)OC[C@]2(C)C(N)=O. The van der Waals surface area contributed by atoms with E-state index in [2.05, 4.69) is 9.97 Å². The first-order chi connectivity index (χ1) is 22.3. The lowest BCUT2D eigenvalue weighted by atomic mass is 9.81. The molecular formula is C35H36FN3O8. The number of nitrogens with zero attached hydrogens (tertiary/aromatic N) is 2. The van der Waals surface area contributed by atoms with Gasteiger partial charge in [0.1, 0.15) is 52.8 Å². The maximum absolute atomic E-state index is 13.7. The largest absolute Gasteiger partial charge is 0.489 e. The summed E-state index contributed by atoms with van der Waals surface area (Å²) in [7, 11) is 0. The number of Topliss-reactive ketones (excluding diaryl/α,β-unsaturated/α-hetero) is 2. The lowest BCUT2D eigenvalue weighted by molar-refractivity contribution is -0.123. The van der Waals surface area contributed by atoms with Crippen LogP contribution in [0.25, 0.3) is 22.2 Å². The number of amides is 1. The molecular weight excluding hydrogens is 609 g/mol. The molecule has 0 saturated carbocycles. The Morgan fingerprint density at radius 3 is 2.60 bits per heavy atom. The third-order valence-corrected chi connectivity index (χ3v) is 8.47. The van der Waals surface area contributed by atoms with E-state index in [1.165, 1.54) is 37.3 Å². The second kappa shape index (κ2) is 13.5. The Balaban J connectivity index is 1.40.